The predicted molar refractivity (Wildman–Crippen MR) is 86.6 cm³/mol. The van der Waals surface area contributed by atoms with Crippen molar-refractivity contribution in [2.75, 3.05) is 5.32 Å². The van der Waals surface area contributed by atoms with Crippen molar-refractivity contribution in [2.24, 2.45) is 7.05 Å². The van der Waals surface area contributed by atoms with Gasteiger partial charge in [0.2, 0.25) is 0 Å². The molecule has 2 amide bonds. The van der Waals surface area contributed by atoms with Gasteiger partial charge in [-0.05, 0) is 35.7 Å². The van der Waals surface area contributed by atoms with Crippen molar-refractivity contribution >= 4 is 22.4 Å². The van der Waals surface area contributed by atoms with Crippen molar-refractivity contribution in [2.45, 2.75) is 6.54 Å². The quantitative estimate of drug-likeness (QED) is 0.778. The fourth-order valence-corrected chi connectivity index (χ4v) is 2.62. The van der Waals surface area contributed by atoms with Gasteiger partial charge in [0, 0.05) is 25.0 Å². The van der Waals surface area contributed by atoms with Crippen molar-refractivity contribution in [1.82, 2.24) is 20.1 Å². The van der Waals surface area contributed by atoms with Gasteiger partial charge in [-0.3, -0.25) is 15.0 Å². The van der Waals surface area contributed by atoms with Crippen molar-refractivity contribution in [1.29, 1.82) is 0 Å². The Morgan fingerprint density at radius 3 is 2.86 bits per heavy atom. The molecular formula is C15H15N5OS. The molecule has 0 unspecified atom stereocenters. The molecular weight excluding hydrogens is 298 g/mol. The number of anilines is 1. The molecule has 112 valence electrons. The average Bonchev–Trinajstić information content (AvgIpc) is 3.16. The molecule has 0 aliphatic heterocycles. The molecule has 22 heavy (non-hydrogen) atoms. The summed E-state index contributed by atoms with van der Waals surface area (Å²) >= 11 is 1.48. The molecule has 0 saturated heterocycles. The highest BCUT2D eigenvalue weighted by atomic mass is 32.1. The van der Waals surface area contributed by atoms with Gasteiger partial charge in [-0.15, -0.1) is 11.3 Å². The minimum absolute atomic E-state index is 0.228. The van der Waals surface area contributed by atoms with Crippen molar-refractivity contribution in [3.05, 3.63) is 53.8 Å². The Bertz CT molecular complexity index is 752. The van der Waals surface area contributed by atoms with Crippen LogP contribution in [0.4, 0.5) is 9.80 Å². The Labute approximate surface area is 131 Å². The molecule has 3 aromatic rings. The highest BCUT2D eigenvalue weighted by Gasteiger charge is 2.09. The van der Waals surface area contributed by atoms with Gasteiger partial charge in [0.15, 0.2) is 0 Å². The van der Waals surface area contributed by atoms with Gasteiger partial charge in [0.05, 0.1) is 22.9 Å². The summed E-state index contributed by atoms with van der Waals surface area (Å²) in [6.45, 7) is 0.409. The van der Waals surface area contributed by atoms with E-state index in [2.05, 4.69) is 20.7 Å². The van der Waals surface area contributed by atoms with Crippen LogP contribution in [0.2, 0.25) is 0 Å². The van der Waals surface area contributed by atoms with E-state index in [9.17, 15) is 4.79 Å². The Balaban J connectivity index is 1.63. The minimum atomic E-state index is -0.228. The number of nitrogens with one attached hydrogen (secondary N) is 2. The summed E-state index contributed by atoms with van der Waals surface area (Å²) in [5.74, 6) is 0. The highest BCUT2D eigenvalue weighted by molar-refractivity contribution is 7.14. The van der Waals surface area contributed by atoms with Gasteiger partial charge >= 0.3 is 6.03 Å². The highest BCUT2D eigenvalue weighted by Crippen LogP contribution is 2.18. The van der Waals surface area contributed by atoms with Crippen LogP contribution >= 0.6 is 11.3 Å². The lowest BCUT2D eigenvalue weighted by molar-refractivity contribution is 0.251. The topological polar surface area (TPSA) is 71.8 Å². The number of carbonyl (C=O) groups is 1. The molecule has 0 saturated carbocycles. The first-order valence-corrected chi connectivity index (χ1v) is 7.62. The Morgan fingerprint density at radius 2 is 2.14 bits per heavy atom. The predicted octanol–water partition coefficient (Wildman–Crippen LogP) is 2.87. The molecule has 0 spiro atoms. The summed E-state index contributed by atoms with van der Waals surface area (Å²) in [5, 5.41) is 12.8. The van der Waals surface area contributed by atoms with Crippen LogP contribution < -0.4 is 10.6 Å². The molecule has 0 atom stereocenters. The number of thiophene rings is 1. The number of pyridine rings is 1. The van der Waals surface area contributed by atoms with Gasteiger partial charge in [-0.25, -0.2) is 4.79 Å². The first-order chi connectivity index (χ1) is 10.7. The van der Waals surface area contributed by atoms with Crippen molar-refractivity contribution in [3.8, 4) is 11.3 Å². The van der Waals surface area contributed by atoms with Crippen LogP contribution in [0.15, 0.2) is 48.1 Å². The number of aromatic nitrogens is 3. The maximum absolute atomic E-state index is 11.8. The lowest BCUT2D eigenvalue weighted by atomic mass is 10.2. The fourth-order valence-electron chi connectivity index (χ4n) is 2.01. The molecule has 7 heteroatoms. The second-order valence-corrected chi connectivity index (χ2v) is 5.61. The summed E-state index contributed by atoms with van der Waals surface area (Å²) in [4.78, 5) is 15.8. The Hall–Kier alpha value is -2.67. The lowest BCUT2D eigenvalue weighted by Gasteiger charge is -2.05. The van der Waals surface area contributed by atoms with Gasteiger partial charge < -0.3 is 5.32 Å². The van der Waals surface area contributed by atoms with E-state index in [1.54, 1.807) is 17.1 Å². The summed E-state index contributed by atoms with van der Waals surface area (Å²) in [5.41, 5.74) is 2.79. The van der Waals surface area contributed by atoms with E-state index < -0.39 is 0 Å². The second kappa shape index (κ2) is 6.40. The third-order valence-corrected chi connectivity index (χ3v) is 3.93. The van der Waals surface area contributed by atoms with E-state index in [0.717, 1.165) is 22.0 Å². The molecule has 0 radical (unpaired) electrons. The maximum atomic E-state index is 11.8. The first-order valence-electron chi connectivity index (χ1n) is 6.74. The number of hydrogen-bond donors (Lipinski definition) is 2. The normalized spacial score (nSPS) is 10.4. The zero-order chi connectivity index (χ0) is 15.4. The number of amides is 2. The number of aryl methyl sites for hydroxylation is 1. The number of nitrogens with zero attached hydrogens (tertiary/aromatic N) is 3. The van der Waals surface area contributed by atoms with Crippen LogP contribution in [-0.2, 0) is 13.6 Å². The van der Waals surface area contributed by atoms with Crippen LogP contribution in [0, 0.1) is 0 Å². The third kappa shape index (κ3) is 3.32. The molecule has 2 N–H and O–H groups in total. The average molecular weight is 313 g/mol. The smallest absolute Gasteiger partial charge is 0.320 e. The van der Waals surface area contributed by atoms with E-state index in [1.807, 2.05) is 42.8 Å². The second-order valence-electron chi connectivity index (χ2n) is 4.67. The number of urea groups is 1. The van der Waals surface area contributed by atoms with E-state index in [0.29, 0.717) is 6.54 Å². The molecule has 6 nitrogen and oxygen atoms in total. The van der Waals surface area contributed by atoms with Gasteiger partial charge in [0.1, 0.15) is 0 Å². The molecule has 3 aromatic heterocycles. The van der Waals surface area contributed by atoms with E-state index in [4.69, 9.17) is 0 Å². The lowest BCUT2D eigenvalue weighted by Crippen LogP contribution is -2.28. The van der Waals surface area contributed by atoms with Gasteiger partial charge in [-0.2, -0.15) is 5.10 Å². The number of hydrogen-bond acceptors (Lipinski definition) is 4. The standard InChI is InChI=1S/C15H15N5OS/c1-20-12(9-13(19-20)11-4-6-16-7-5-11)10-17-15(21)18-14-3-2-8-22-14/h2-9H,10H2,1H3,(H2,17,18,21). The van der Waals surface area contributed by atoms with Gasteiger partial charge in [0.25, 0.3) is 0 Å². The molecule has 0 bridgehead atoms. The zero-order valence-corrected chi connectivity index (χ0v) is 12.8. The molecule has 0 aromatic carbocycles. The molecule has 0 fully saturated rings. The van der Waals surface area contributed by atoms with Crippen LogP contribution in [0.25, 0.3) is 11.3 Å². The molecule has 3 rings (SSSR count). The Kier molecular flexibility index (Phi) is 4.15. The van der Waals surface area contributed by atoms with E-state index in [-0.39, 0.29) is 6.03 Å². The number of carbonyl (C=O) groups excluding carboxylic acids is 1. The molecule has 3 heterocycles. The van der Waals surface area contributed by atoms with Crippen molar-refractivity contribution in [3.63, 3.8) is 0 Å². The zero-order valence-electron chi connectivity index (χ0n) is 12.0. The van der Waals surface area contributed by atoms with Crippen molar-refractivity contribution < 1.29 is 4.79 Å². The Morgan fingerprint density at radius 1 is 1.32 bits per heavy atom. The SMILES string of the molecule is Cn1nc(-c2ccncc2)cc1CNC(=O)Nc1cccs1. The maximum Gasteiger partial charge on any atom is 0.320 e. The molecule has 0 aliphatic rings. The summed E-state index contributed by atoms with van der Waals surface area (Å²) in [6, 6.07) is 9.29. The number of rotatable bonds is 4. The van der Waals surface area contributed by atoms with Crippen LogP contribution in [0.5, 0.6) is 0 Å². The monoisotopic (exact) mass is 313 g/mol. The van der Waals surface area contributed by atoms with E-state index >= 15 is 0 Å². The van der Waals surface area contributed by atoms with Crippen LogP contribution in [-0.4, -0.2) is 20.8 Å². The molecule has 0 aliphatic carbocycles. The summed E-state index contributed by atoms with van der Waals surface area (Å²) in [6.07, 6.45) is 3.47. The van der Waals surface area contributed by atoms with Crippen LogP contribution in [0.3, 0.4) is 0 Å². The van der Waals surface area contributed by atoms with Gasteiger partial charge in [-0.1, -0.05) is 0 Å². The van der Waals surface area contributed by atoms with E-state index in [1.165, 1.54) is 11.3 Å². The first kappa shape index (κ1) is 14.3. The fraction of sp³-hybridized carbons (Fsp3) is 0.133. The minimum Gasteiger partial charge on any atom is -0.332 e. The largest absolute Gasteiger partial charge is 0.332 e. The van der Waals surface area contributed by atoms with Crippen LogP contribution in [0.1, 0.15) is 5.69 Å². The third-order valence-electron chi connectivity index (χ3n) is 3.14. The summed E-state index contributed by atoms with van der Waals surface area (Å²) < 4.78 is 1.77. The summed E-state index contributed by atoms with van der Waals surface area (Å²) in [7, 11) is 1.86.